The predicted octanol–water partition coefficient (Wildman–Crippen LogP) is 5.36. The van der Waals surface area contributed by atoms with Crippen molar-refractivity contribution in [2.24, 2.45) is 0 Å². The summed E-state index contributed by atoms with van der Waals surface area (Å²) < 4.78 is 40.9. The van der Waals surface area contributed by atoms with E-state index >= 15 is 0 Å². The van der Waals surface area contributed by atoms with E-state index in [0.29, 0.717) is 36.3 Å². The highest BCUT2D eigenvalue weighted by molar-refractivity contribution is 6.30. The number of benzene rings is 2. The molecular formula is C28H31ClF3N7O. The average molecular weight is 574 g/mol. The van der Waals surface area contributed by atoms with Crippen LogP contribution in [0.4, 0.5) is 36.1 Å². The van der Waals surface area contributed by atoms with E-state index in [-0.39, 0.29) is 22.8 Å². The molecule has 8 nitrogen and oxygen atoms in total. The van der Waals surface area contributed by atoms with Gasteiger partial charge in [0.1, 0.15) is 0 Å². The molecule has 212 valence electrons. The molecule has 0 saturated carbocycles. The quantitative estimate of drug-likeness (QED) is 0.411. The van der Waals surface area contributed by atoms with E-state index in [1.807, 2.05) is 24.3 Å². The molecule has 5 rings (SSSR count). The van der Waals surface area contributed by atoms with Gasteiger partial charge in [-0.2, -0.15) is 13.2 Å². The zero-order valence-corrected chi connectivity index (χ0v) is 23.1. The first kappa shape index (κ1) is 28.0. The Balaban J connectivity index is 1.29. The van der Waals surface area contributed by atoms with Gasteiger partial charge in [-0.05, 0) is 81.0 Å². The van der Waals surface area contributed by atoms with Gasteiger partial charge >= 0.3 is 6.18 Å². The van der Waals surface area contributed by atoms with Gasteiger partial charge in [-0.25, -0.2) is 0 Å². The first-order valence-electron chi connectivity index (χ1n) is 13.1. The molecule has 0 aliphatic carbocycles. The van der Waals surface area contributed by atoms with E-state index in [4.69, 9.17) is 11.6 Å². The Morgan fingerprint density at radius 3 is 2.48 bits per heavy atom. The average Bonchev–Trinajstić information content (AvgIpc) is 2.93. The first-order valence-corrected chi connectivity index (χ1v) is 13.5. The summed E-state index contributed by atoms with van der Waals surface area (Å²) in [5, 5.41) is 14.3. The molecule has 2 aliphatic heterocycles. The Bertz CT molecular complexity index is 1360. The normalized spacial score (nSPS) is 16.1. The number of nitrogens with zero attached hydrogens (tertiary/aromatic N) is 5. The lowest BCUT2D eigenvalue weighted by atomic mass is 10.0. The van der Waals surface area contributed by atoms with Crippen LogP contribution in [0, 0.1) is 0 Å². The van der Waals surface area contributed by atoms with E-state index < -0.39 is 17.6 Å². The molecule has 1 saturated heterocycles. The highest BCUT2D eigenvalue weighted by atomic mass is 35.5. The van der Waals surface area contributed by atoms with Crippen molar-refractivity contribution >= 4 is 40.4 Å². The smallest absolute Gasteiger partial charge is 0.371 e. The van der Waals surface area contributed by atoms with Crippen LogP contribution < -0.4 is 20.4 Å². The first-order chi connectivity index (χ1) is 19.1. The number of alkyl halides is 3. The molecule has 2 aromatic carbocycles. The molecule has 40 heavy (non-hydrogen) atoms. The second-order valence-corrected chi connectivity index (χ2v) is 10.7. The number of piperidine rings is 1. The number of hydrogen-bond donors (Lipinski definition) is 2. The van der Waals surface area contributed by atoms with Crippen LogP contribution in [0.15, 0.2) is 48.5 Å². The summed E-state index contributed by atoms with van der Waals surface area (Å²) >= 11 is 6.02. The van der Waals surface area contributed by atoms with Crippen molar-refractivity contribution in [1.29, 1.82) is 0 Å². The number of anilines is 4. The van der Waals surface area contributed by atoms with Crippen LogP contribution in [0.2, 0.25) is 5.02 Å². The Morgan fingerprint density at radius 1 is 1.07 bits per heavy atom. The molecule has 0 spiro atoms. The van der Waals surface area contributed by atoms with Crippen LogP contribution in [0.3, 0.4) is 0 Å². The fraction of sp³-hybridized carbons (Fsp3) is 0.393. The monoisotopic (exact) mass is 573 g/mol. The summed E-state index contributed by atoms with van der Waals surface area (Å²) in [6.45, 7) is 2.78. The van der Waals surface area contributed by atoms with E-state index in [1.165, 1.54) is 12.1 Å². The number of aromatic nitrogens is 2. The molecule has 1 amide bonds. The second-order valence-electron chi connectivity index (χ2n) is 10.3. The van der Waals surface area contributed by atoms with Crippen molar-refractivity contribution in [1.82, 2.24) is 15.1 Å². The summed E-state index contributed by atoms with van der Waals surface area (Å²) in [4.78, 5) is 19.4. The molecule has 0 unspecified atom stereocenters. The van der Waals surface area contributed by atoms with E-state index in [9.17, 15) is 18.0 Å². The van der Waals surface area contributed by atoms with Crippen LogP contribution in [0.5, 0.6) is 0 Å². The highest BCUT2D eigenvalue weighted by Crippen LogP contribution is 2.36. The highest BCUT2D eigenvalue weighted by Gasteiger charge is 2.34. The number of carbonyl (C=O) groups is 1. The van der Waals surface area contributed by atoms with Crippen molar-refractivity contribution in [2.75, 3.05) is 60.7 Å². The molecule has 3 aromatic rings. The Kier molecular flexibility index (Phi) is 8.04. The Hall–Kier alpha value is -3.57. The van der Waals surface area contributed by atoms with Gasteiger partial charge in [0.25, 0.3) is 5.91 Å². The molecule has 0 bridgehead atoms. The maximum Gasteiger partial charge on any atom is 0.416 e. The molecule has 12 heteroatoms. The molecule has 2 N–H and O–H groups in total. The van der Waals surface area contributed by atoms with Crippen LogP contribution in [0.1, 0.15) is 34.5 Å². The second kappa shape index (κ2) is 11.5. The molecule has 3 heterocycles. The lowest BCUT2D eigenvalue weighted by molar-refractivity contribution is -0.138. The van der Waals surface area contributed by atoms with Crippen molar-refractivity contribution in [3.05, 3.63) is 70.4 Å². The van der Waals surface area contributed by atoms with Crippen molar-refractivity contribution in [3.63, 3.8) is 0 Å². The van der Waals surface area contributed by atoms with Gasteiger partial charge in [0.15, 0.2) is 11.5 Å². The van der Waals surface area contributed by atoms with Gasteiger partial charge in [-0.15, -0.1) is 10.2 Å². The molecule has 1 aromatic heterocycles. The van der Waals surface area contributed by atoms with Crippen LogP contribution in [0.25, 0.3) is 0 Å². The third kappa shape index (κ3) is 6.26. The zero-order valence-electron chi connectivity index (χ0n) is 22.3. The minimum atomic E-state index is -4.52. The van der Waals surface area contributed by atoms with Gasteiger partial charge in [0.05, 0.1) is 11.3 Å². The third-order valence-electron chi connectivity index (χ3n) is 7.44. The van der Waals surface area contributed by atoms with Crippen LogP contribution in [-0.4, -0.2) is 67.3 Å². The van der Waals surface area contributed by atoms with Crippen molar-refractivity contribution in [2.45, 2.75) is 31.6 Å². The van der Waals surface area contributed by atoms with Gasteiger partial charge < -0.3 is 25.3 Å². The minimum absolute atomic E-state index is 0.0432. The number of nitrogens with one attached hydrogen (secondary N) is 2. The molecular weight excluding hydrogens is 543 g/mol. The van der Waals surface area contributed by atoms with E-state index in [1.54, 1.807) is 11.0 Å². The number of carbonyl (C=O) groups excluding carboxylic acids is 1. The molecule has 0 radical (unpaired) electrons. The maximum atomic E-state index is 13.6. The lowest BCUT2D eigenvalue weighted by Gasteiger charge is -2.36. The number of rotatable bonds is 6. The largest absolute Gasteiger partial charge is 0.416 e. The van der Waals surface area contributed by atoms with Gasteiger partial charge in [-0.1, -0.05) is 11.6 Å². The number of halogens is 4. The Morgan fingerprint density at radius 2 is 1.80 bits per heavy atom. The van der Waals surface area contributed by atoms with Gasteiger partial charge in [0, 0.05) is 55.2 Å². The predicted molar refractivity (Wildman–Crippen MR) is 151 cm³/mol. The van der Waals surface area contributed by atoms with Crippen molar-refractivity contribution < 1.29 is 18.0 Å². The van der Waals surface area contributed by atoms with Gasteiger partial charge in [-0.3, -0.25) is 4.79 Å². The number of hydrogen-bond acceptors (Lipinski definition) is 7. The fourth-order valence-electron chi connectivity index (χ4n) is 5.22. The summed E-state index contributed by atoms with van der Waals surface area (Å²) in [5.74, 6) is -0.0557. The Labute approximate surface area is 236 Å². The van der Waals surface area contributed by atoms with Gasteiger partial charge in [0.2, 0.25) is 0 Å². The third-order valence-corrected chi connectivity index (χ3v) is 7.68. The minimum Gasteiger partial charge on any atom is -0.371 e. The molecule has 2 aliphatic rings. The number of amides is 1. The molecule has 1 fully saturated rings. The lowest BCUT2D eigenvalue weighted by Crippen LogP contribution is -2.41. The topological polar surface area (TPSA) is 76.6 Å². The summed E-state index contributed by atoms with van der Waals surface area (Å²) in [5.41, 5.74) is 1.56. The van der Waals surface area contributed by atoms with Crippen LogP contribution >= 0.6 is 11.6 Å². The maximum absolute atomic E-state index is 13.6. The number of fused-ring (bicyclic) bond motifs is 1. The summed E-state index contributed by atoms with van der Waals surface area (Å²) in [6, 6.07) is 13.3. The van der Waals surface area contributed by atoms with E-state index in [0.717, 1.165) is 37.7 Å². The van der Waals surface area contributed by atoms with Crippen LogP contribution in [-0.2, 0) is 12.7 Å². The molecule has 0 atom stereocenters. The van der Waals surface area contributed by atoms with E-state index in [2.05, 4.69) is 44.7 Å². The summed E-state index contributed by atoms with van der Waals surface area (Å²) in [6.07, 6.45) is -2.32. The fourth-order valence-corrected chi connectivity index (χ4v) is 5.41. The zero-order chi connectivity index (χ0) is 28.4. The summed E-state index contributed by atoms with van der Waals surface area (Å²) in [7, 11) is 4.23. The standard InChI is InChI=1S/C28H31ClF3N7O/c1-37(2)21-9-12-38(13-10-21)22-6-4-20(5-7-22)34-27(40)24-16-25-26(36-35-24)33-11-14-39(25)17-18-15-19(29)3-8-23(18)28(30,31)32/h3-8,15-16,21H,9-14,17H2,1-2H3,(H,33,36)(H,34,40). The SMILES string of the molecule is CN(C)C1CCN(c2ccc(NC(=O)c3cc4c(nn3)NCCN4Cc3cc(Cl)ccc3C(F)(F)F)cc2)CC1. The van der Waals surface area contributed by atoms with Crippen molar-refractivity contribution in [3.8, 4) is 0 Å².